The summed E-state index contributed by atoms with van der Waals surface area (Å²) in [4.78, 5) is 47.6. The number of benzene rings is 2. The first-order valence-electron chi connectivity index (χ1n) is 26.5. The van der Waals surface area contributed by atoms with E-state index in [2.05, 4.69) is 81.5 Å². The van der Waals surface area contributed by atoms with Gasteiger partial charge in [0, 0.05) is 37.4 Å². The molecule has 6 heterocycles. The predicted octanol–water partition coefficient (Wildman–Crippen LogP) is 9.63. The van der Waals surface area contributed by atoms with Gasteiger partial charge in [-0.2, -0.15) is 10.2 Å². The number of rotatable bonds is 29. The minimum Gasteiger partial charge on any atom is -0.406 e. The molecule has 6 aromatic heterocycles. The Kier molecular flexibility index (Phi) is 21.6. The van der Waals surface area contributed by atoms with Crippen LogP contribution in [0, 0.1) is 5.92 Å². The largest absolute Gasteiger partial charge is 0.573 e. The summed E-state index contributed by atoms with van der Waals surface area (Å²) in [5.41, 5.74) is 4.52. The number of carbonyl (C=O) groups is 3. The average molecular weight is 1200 g/mol. The predicted molar refractivity (Wildman–Crippen MR) is 299 cm³/mol. The molecule has 20 nitrogen and oxygen atoms in total. The molecule has 440 valence electrons. The third-order valence-electron chi connectivity index (χ3n) is 12.3. The number of ether oxygens (including phenoxy) is 2. The zero-order chi connectivity index (χ0) is 59.5. The van der Waals surface area contributed by atoms with Gasteiger partial charge in [0.15, 0.2) is 11.6 Å². The Balaban J connectivity index is 0.747. The number of carbonyl (C=O) groups excluding carboxylic acids is 3. The van der Waals surface area contributed by atoms with Gasteiger partial charge in [0.05, 0.1) is 36.3 Å². The van der Waals surface area contributed by atoms with Gasteiger partial charge in [-0.1, -0.05) is 59.9 Å². The maximum Gasteiger partial charge on any atom is 0.573 e. The molecule has 0 bridgehead atoms. The number of aromatic nitrogens is 10. The third kappa shape index (κ3) is 21.3. The molecule has 84 heavy (non-hydrogen) atoms. The van der Waals surface area contributed by atoms with Crippen molar-refractivity contribution >= 4 is 62.3 Å². The standard InChI is InChI=1S/C56H56F6N14O6S2/c1-34(24-36-26-37(29-43(28-36)82-56(60,61)62)31-48(78)66-46-21-19-40(70-72-46)13-2-4-16-51-73-75-53(83-51)67-49(79)32-41-14-6-7-22-63-41)25-38-11-9-23-64-44(38)33-50(80)68-54-76-74-52(84-54)17-5-3-12-39-18-20-45(71-69-39)65-47(77)30-35-10-8-15-42(27-35)81-55(57,58)59/h6-11,14-15,18-23,26-29,34,49,79H,2-5,12-13,16-17,24-25,30-33H2,1H3,(H,67,75)(H,65,71,77)(H,66,72,78)(H,68,76,80)/t34-,49?/m1/s1. The van der Waals surface area contributed by atoms with Gasteiger partial charge < -0.3 is 35.8 Å². The van der Waals surface area contributed by atoms with E-state index >= 15 is 0 Å². The highest BCUT2D eigenvalue weighted by molar-refractivity contribution is 7.15. The summed E-state index contributed by atoms with van der Waals surface area (Å²) in [6, 6.07) is 25.0. The number of nitrogens with zero attached hydrogens (tertiary/aromatic N) is 10. The molecule has 3 amide bonds. The monoisotopic (exact) mass is 1200 g/mol. The second-order valence-electron chi connectivity index (χ2n) is 19.4. The smallest absolute Gasteiger partial charge is 0.406 e. The Labute approximate surface area is 485 Å². The lowest BCUT2D eigenvalue weighted by Crippen LogP contribution is -2.21. The third-order valence-corrected chi connectivity index (χ3v) is 14.1. The van der Waals surface area contributed by atoms with Crippen LogP contribution in [0.2, 0.25) is 0 Å². The minimum atomic E-state index is -4.97. The van der Waals surface area contributed by atoms with Crippen molar-refractivity contribution in [3.8, 4) is 11.5 Å². The Bertz CT molecular complexity index is 3430. The summed E-state index contributed by atoms with van der Waals surface area (Å²) in [7, 11) is 0. The van der Waals surface area contributed by atoms with Crippen LogP contribution in [0.15, 0.2) is 109 Å². The summed E-state index contributed by atoms with van der Waals surface area (Å²) in [5.74, 6) is -2.07. The summed E-state index contributed by atoms with van der Waals surface area (Å²) < 4.78 is 86.5. The van der Waals surface area contributed by atoms with Gasteiger partial charge in [-0.05, 0) is 146 Å². The molecule has 0 fully saturated rings. The van der Waals surface area contributed by atoms with Crippen LogP contribution < -0.4 is 30.7 Å². The fourth-order valence-corrected chi connectivity index (χ4v) is 10.4. The van der Waals surface area contributed by atoms with Gasteiger partial charge in [0.2, 0.25) is 28.0 Å². The number of amides is 3. The van der Waals surface area contributed by atoms with E-state index in [1.807, 2.05) is 25.1 Å². The van der Waals surface area contributed by atoms with Crippen LogP contribution in [0.1, 0.15) is 87.7 Å². The van der Waals surface area contributed by atoms with E-state index in [4.69, 9.17) is 0 Å². The molecule has 8 rings (SSSR count). The van der Waals surface area contributed by atoms with E-state index in [9.17, 15) is 45.8 Å². The van der Waals surface area contributed by atoms with Gasteiger partial charge in [0.1, 0.15) is 27.7 Å². The first-order valence-corrected chi connectivity index (χ1v) is 28.1. The zero-order valence-corrected chi connectivity index (χ0v) is 46.6. The van der Waals surface area contributed by atoms with Crippen LogP contribution in [0.3, 0.4) is 0 Å². The SMILES string of the molecule is C[C@H](Cc1cc(CC(=O)Nc2ccc(CCCCc3nnc(NC(O)Cc4ccccn4)s3)nn2)cc(OC(F)(F)F)c1)Cc1cccnc1CC(=O)Nc1nnc(CCCCc2ccc(NC(=O)Cc3cccc(OC(F)(F)F)c3)nn2)s1. The van der Waals surface area contributed by atoms with Crippen molar-refractivity contribution < 1.29 is 55.3 Å². The van der Waals surface area contributed by atoms with Crippen LogP contribution in [-0.4, -0.2) is 92.5 Å². The van der Waals surface area contributed by atoms with Crippen molar-refractivity contribution in [3.05, 3.63) is 165 Å². The van der Waals surface area contributed by atoms with Gasteiger partial charge in [-0.3, -0.25) is 24.4 Å². The molecule has 1 unspecified atom stereocenters. The molecule has 0 aliphatic rings. The van der Waals surface area contributed by atoms with E-state index < -0.39 is 42.3 Å². The Morgan fingerprint density at radius 3 is 1.74 bits per heavy atom. The fourth-order valence-electron chi connectivity index (χ4n) is 8.73. The lowest BCUT2D eigenvalue weighted by atomic mass is 9.92. The van der Waals surface area contributed by atoms with E-state index in [0.717, 1.165) is 54.1 Å². The molecule has 0 saturated heterocycles. The molecular weight excluding hydrogens is 1140 g/mol. The molecule has 2 aromatic carbocycles. The highest BCUT2D eigenvalue weighted by Gasteiger charge is 2.32. The highest BCUT2D eigenvalue weighted by Crippen LogP contribution is 2.29. The van der Waals surface area contributed by atoms with Crippen molar-refractivity contribution in [3.63, 3.8) is 0 Å². The zero-order valence-electron chi connectivity index (χ0n) is 45.0. The molecule has 0 radical (unpaired) electrons. The second-order valence-corrected chi connectivity index (χ2v) is 21.6. The van der Waals surface area contributed by atoms with Crippen LogP contribution in [0.4, 0.5) is 48.2 Å². The second kappa shape index (κ2) is 29.6. The number of aliphatic hydroxyl groups is 1. The summed E-state index contributed by atoms with van der Waals surface area (Å²) >= 11 is 2.60. The molecule has 8 aromatic rings. The number of hydrogen-bond acceptors (Lipinski definition) is 19. The first-order chi connectivity index (χ1) is 40.3. The Hall–Kier alpha value is -8.63. The maximum atomic E-state index is 13.5. The number of aliphatic hydroxyl groups excluding tert-OH is 1. The normalized spacial score (nSPS) is 12.3. The number of anilines is 4. The van der Waals surface area contributed by atoms with Crippen LogP contribution in [0.5, 0.6) is 11.5 Å². The minimum absolute atomic E-state index is 0.0783. The Morgan fingerprint density at radius 2 is 1.11 bits per heavy atom. The van der Waals surface area contributed by atoms with Gasteiger partial charge in [-0.15, -0.1) is 56.9 Å². The quantitative estimate of drug-likeness (QED) is 0.0166. The molecular formula is C56H56F6N14O6S2. The number of hydrogen-bond donors (Lipinski definition) is 5. The summed E-state index contributed by atoms with van der Waals surface area (Å²) in [5, 5.41) is 56.9. The van der Waals surface area contributed by atoms with Gasteiger partial charge in [0.25, 0.3) is 0 Å². The van der Waals surface area contributed by atoms with E-state index in [1.54, 1.807) is 54.9 Å². The van der Waals surface area contributed by atoms with E-state index in [0.29, 0.717) is 88.4 Å². The van der Waals surface area contributed by atoms with E-state index in [1.165, 1.54) is 46.9 Å². The van der Waals surface area contributed by atoms with Crippen molar-refractivity contribution in [2.24, 2.45) is 5.92 Å². The molecule has 2 atom stereocenters. The number of alkyl halides is 6. The van der Waals surface area contributed by atoms with E-state index in [-0.39, 0.29) is 48.3 Å². The lowest BCUT2D eigenvalue weighted by Gasteiger charge is -2.17. The number of nitrogens with one attached hydrogen (secondary N) is 4. The van der Waals surface area contributed by atoms with Gasteiger partial charge >= 0.3 is 12.7 Å². The molecule has 5 N–H and O–H groups in total. The Morgan fingerprint density at radius 1 is 0.524 bits per heavy atom. The van der Waals surface area contributed by atoms with Crippen LogP contribution in [0.25, 0.3) is 0 Å². The molecule has 0 spiro atoms. The lowest BCUT2D eigenvalue weighted by molar-refractivity contribution is -0.275. The number of halogens is 6. The van der Waals surface area contributed by atoms with Crippen molar-refractivity contribution in [2.75, 3.05) is 21.3 Å². The van der Waals surface area contributed by atoms with Crippen LogP contribution >= 0.6 is 22.7 Å². The van der Waals surface area contributed by atoms with Crippen molar-refractivity contribution in [2.45, 2.75) is 116 Å². The van der Waals surface area contributed by atoms with Crippen molar-refractivity contribution in [1.29, 1.82) is 0 Å². The number of unbranched alkanes of at least 4 members (excludes halogenated alkanes) is 2. The number of aryl methyl sites for hydroxylation is 4. The molecule has 0 saturated carbocycles. The molecule has 28 heteroatoms. The van der Waals surface area contributed by atoms with Gasteiger partial charge in [-0.25, -0.2) is 0 Å². The first kappa shape index (κ1) is 61.4. The number of pyridine rings is 2. The summed E-state index contributed by atoms with van der Waals surface area (Å²) in [6.07, 6.45) is -1.50. The molecule has 0 aliphatic heterocycles. The van der Waals surface area contributed by atoms with Crippen LogP contribution in [-0.2, 0) is 78.6 Å². The van der Waals surface area contributed by atoms with Crippen molar-refractivity contribution in [1.82, 2.24) is 50.8 Å². The summed E-state index contributed by atoms with van der Waals surface area (Å²) in [6.45, 7) is 1.92. The maximum absolute atomic E-state index is 13.5. The highest BCUT2D eigenvalue weighted by atomic mass is 32.1. The topological polar surface area (TPSA) is 267 Å². The average Bonchev–Trinajstić information content (AvgIpc) is 4.15. The molecule has 0 aliphatic carbocycles. The fraction of sp³-hybridized carbons (Fsp3) is 0.339.